The minimum atomic E-state index is -1.25. The van der Waals surface area contributed by atoms with E-state index in [9.17, 15) is 19.1 Å². The molecule has 0 fully saturated rings. The lowest BCUT2D eigenvalue weighted by Gasteiger charge is -2.18. The molecule has 3 N–H and O–H groups in total. The van der Waals surface area contributed by atoms with Gasteiger partial charge in [0.05, 0.1) is 0 Å². The van der Waals surface area contributed by atoms with Crippen molar-refractivity contribution in [2.45, 2.75) is 38.8 Å². The van der Waals surface area contributed by atoms with Crippen LogP contribution in [0.4, 0.5) is 4.39 Å². The number of aliphatic hydroxyl groups is 1. The van der Waals surface area contributed by atoms with Gasteiger partial charge in [-0.3, -0.25) is 4.79 Å². The predicted octanol–water partition coefficient (Wildman–Crippen LogP) is 1.34. The largest absolute Gasteiger partial charge is 0.480 e. The van der Waals surface area contributed by atoms with Gasteiger partial charge in [0.15, 0.2) is 0 Å². The number of aliphatic carboxylic acids is 1. The number of amides is 1. The van der Waals surface area contributed by atoms with Crippen molar-refractivity contribution in [2.75, 3.05) is 0 Å². The third kappa shape index (κ3) is 5.91. The van der Waals surface area contributed by atoms with Crippen molar-refractivity contribution in [1.29, 1.82) is 0 Å². The van der Waals surface area contributed by atoms with E-state index >= 15 is 0 Å². The fraction of sp³-hybridized carbons (Fsp3) is 0.467. The molecule has 0 saturated carbocycles. The second-order valence-electron chi connectivity index (χ2n) is 5.38. The van der Waals surface area contributed by atoms with Gasteiger partial charge in [-0.25, -0.2) is 9.18 Å². The van der Waals surface area contributed by atoms with Crippen molar-refractivity contribution in [3.8, 4) is 0 Å². The quantitative estimate of drug-likeness (QED) is 0.709. The molecular formula is C15H20FNO4. The number of halogens is 1. The summed E-state index contributed by atoms with van der Waals surface area (Å²) in [5.74, 6) is -2.32. The third-order valence-electron chi connectivity index (χ3n) is 2.94. The lowest BCUT2D eigenvalue weighted by atomic mass is 10.0. The summed E-state index contributed by atoms with van der Waals surface area (Å²) in [6.45, 7) is 3.69. The Kier molecular flexibility index (Phi) is 6.30. The van der Waals surface area contributed by atoms with Crippen LogP contribution in [0.15, 0.2) is 24.3 Å². The molecule has 116 valence electrons. The van der Waals surface area contributed by atoms with Crippen LogP contribution in [0.3, 0.4) is 0 Å². The Labute approximate surface area is 122 Å². The summed E-state index contributed by atoms with van der Waals surface area (Å²) < 4.78 is 13.1. The molecule has 0 heterocycles. The molecule has 0 radical (unpaired) electrons. The average molecular weight is 297 g/mol. The molecule has 0 unspecified atom stereocenters. The smallest absolute Gasteiger partial charge is 0.326 e. The predicted molar refractivity (Wildman–Crippen MR) is 75.1 cm³/mol. The number of carboxylic acids is 1. The molecule has 0 aliphatic rings. The Hall–Kier alpha value is -1.95. The van der Waals surface area contributed by atoms with E-state index in [2.05, 4.69) is 5.32 Å². The number of hydrogen-bond acceptors (Lipinski definition) is 3. The van der Waals surface area contributed by atoms with Gasteiger partial charge in [0.25, 0.3) is 0 Å². The lowest BCUT2D eigenvalue weighted by Crippen LogP contribution is -2.46. The number of rotatable bonds is 7. The topological polar surface area (TPSA) is 86.6 Å². The lowest BCUT2D eigenvalue weighted by molar-refractivity contribution is -0.143. The molecule has 0 aliphatic heterocycles. The molecule has 0 bridgehead atoms. The first-order valence-corrected chi connectivity index (χ1v) is 6.75. The maximum Gasteiger partial charge on any atom is 0.326 e. The maximum absolute atomic E-state index is 13.1. The van der Waals surface area contributed by atoms with Crippen molar-refractivity contribution < 1.29 is 24.2 Å². The van der Waals surface area contributed by atoms with Crippen LogP contribution >= 0.6 is 0 Å². The molecular weight excluding hydrogens is 277 g/mol. The van der Waals surface area contributed by atoms with E-state index in [1.54, 1.807) is 6.07 Å². The Morgan fingerprint density at radius 3 is 2.52 bits per heavy atom. The number of aliphatic hydroxyl groups excluding tert-OH is 1. The Morgan fingerprint density at radius 1 is 1.33 bits per heavy atom. The molecule has 1 amide bonds. The Bertz CT molecular complexity index is 504. The number of carbonyl (C=O) groups excluding carboxylic acids is 1. The van der Waals surface area contributed by atoms with Gasteiger partial charge in [0, 0.05) is 6.42 Å². The SMILES string of the molecule is CC(C)C[C@H](O)C(=O)N[C@H](Cc1cccc(F)c1)C(=O)O. The van der Waals surface area contributed by atoms with E-state index in [4.69, 9.17) is 5.11 Å². The van der Waals surface area contributed by atoms with Gasteiger partial charge in [-0.1, -0.05) is 26.0 Å². The third-order valence-corrected chi connectivity index (χ3v) is 2.94. The van der Waals surface area contributed by atoms with Crippen molar-refractivity contribution in [1.82, 2.24) is 5.32 Å². The first kappa shape index (κ1) is 17.1. The van der Waals surface area contributed by atoms with Gasteiger partial charge in [0.2, 0.25) is 5.91 Å². The highest BCUT2D eigenvalue weighted by Gasteiger charge is 2.24. The summed E-state index contributed by atoms with van der Waals surface area (Å²) in [4.78, 5) is 22.9. The summed E-state index contributed by atoms with van der Waals surface area (Å²) in [5.41, 5.74) is 0.459. The average Bonchev–Trinajstić information content (AvgIpc) is 2.36. The van der Waals surface area contributed by atoms with E-state index in [1.165, 1.54) is 18.2 Å². The Balaban J connectivity index is 2.70. The van der Waals surface area contributed by atoms with Crippen LogP contribution in [0, 0.1) is 11.7 Å². The molecule has 1 rings (SSSR count). The van der Waals surface area contributed by atoms with Crippen molar-refractivity contribution in [2.24, 2.45) is 5.92 Å². The van der Waals surface area contributed by atoms with Gasteiger partial charge in [0.1, 0.15) is 18.0 Å². The number of carboxylic acid groups (broad SMARTS) is 1. The van der Waals surface area contributed by atoms with Crippen LogP contribution in [-0.2, 0) is 16.0 Å². The molecule has 21 heavy (non-hydrogen) atoms. The van der Waals surface area contributed by atoms with Gasteiger partial charge in [-0.2, -0.15) is 0 Å². The molecule has 6 heteroatoms. The van der Waals surface area contributed by atoms with E-state index < -0.39 is 29.8 Å². The van der Waals surface area contributed by atoms with E-state index in [0.29, 0.717) is 5.56 Å². The monoisotopic (exact) mass is 297 g/mol. The summed E-state index contributed by atoms with van der Waals surface area (Å²) in [5, 5.41) is 21.1. The molecule has 0 saturated heterocycles. The molecule has 0 spiro atoms. The zero-order chi connectivity index (χ0) is 16.0. The van der Waals surface area contributed by atoms with Gasteiger partial charge in [-0.15, -0.1) is 0 Å². The van der Waals surface area contributed by atoms with Crippen molar-refractivity contribution >= 4 is 11.9 Å². The first-order chi connectivity index (χ1) is 9.79. The first-order valence-electron chi connectivity index (χ1n) is 6.75. The molecule has 5 nitrogen and oxygen atoms in total. The fourth-order valence-electron chi connectivity index (χ4n) is 1.92. The normalized spacial score (nSPS) is 13.8. The minimum absolute atomic E-state index is 0.0484. The number of hydrogen-bond donors (Lipinski definition) is 3. The van der Waals surface area contributed by atoms with Crippen LogP contribution in [0.25, 0.3) is 0 Å². The number of carbonyl (C=O) groups is 2. The zero-order valence-corrected chi connectivity index (χ0v) is 12.0. The number of nitrogens with one attached hydrogen (secondary N) is 1. The fourth-order valence-corrected chi connectivity index (χ4v) is 1.92. The summed E-state index contributed by atoms with van der Waals surface area (Å²) in [7, 11) is 0. The van der Waals surface area contributed by atoms with Crippen LogP contribution in [0.2, 0.25) is 0 Å². The highest BCUT2D eigenvalue weighted by atomic mass is 19.1. The molecule has 1 aromatic carbocycles. The highest BCUT2D eigenvalue weighted by molar-refractivity contribution is 5.86. The van der Waals surface area contributed by atoms with Crippen LogP contribution in [0.5, 0.6) is 0 Å². The second kappa shape index (κ2) is 7.73. The molecule has 2 atom stereocenters. The standard InChI is InChI=1S/C15H20FNO4/c1-9(2)6-13(18)14(19)17-12(15(20)21)8-10-4-3-5-11(16)7-10/h3-5,7,9,12-13,18H,6,8H2,1-2H3,(H,17,19)(H,20,21)/t12-,13+/m1/s1. The molecule has 0 aromatic heterocycles. The second-order valence-corrected chi connectivity index (χ2v) is 5.38. The van der Waals surface area contributed by atoms with Crippen molar-refractivity contribution in [3.63, 3.8) is 0 Å². The summed E-state index contributed by atoms with van der Waals surface area (Å²) in [6.07, 6.45) is -1.05. The Morgan fingerprint density at radius 2 is 2.00 bits per heavy atom. The van der Waals surface area contributed by atoms with Crippen LogP contribution < -0.4 is 5.32 Å². The zero-order valence-electron chi connectivity index (χ0n) is 12.0. The molecule has 0 aliphatic carbocycles. The summed E-state index contributed by atoms with van der Waals surface area (Å²) in [6, 6.07) is 4.31. The minimum Gasteiger partial charge on any atom is -0.480 e. The van der Waals surface area contributed by atoms with Crippen molar-refractivity contribution in [3.05, 3.63) is 35.6 Å². The van der Waals surface area contributed by atoms with Crippen LogP contribution in [0.1, 0.15) is 25.8 Å². The number of benzene rings is 1. The van der Waals surface area contributed by atoms with E-state index in [0.717, 1.165) is 0 Å². The van der Waals surface area contributed by atoms with E-state index in [1.807, 2.05) is 13.8 Å². The van der Waals surface area contributed by atoms with Gasteiger partial charge < -0.3 is 15.5 Å². The van der Waals surface area contributed by atoms with Gasteiger partial charge in [-0.05, 0) is 30.0 Å². The maximum atomic E-state index is 13.1. The molecule has 1 aromatic rings. The highest BCUT2D eigenvalue weighted by Crippen LogP contribution is 2.08. The summed E-state index contributed by atoms with van der Waals surface area (Å²) >= 11 is 0. The van der Waals surface area contributed by atoms with Crippen LogP contribution in [-0.4, -0.2) is 34.2 Å². The van der Waals surface area contributed by atoms with Gasteiger partial charge >= 0.3 is 5.97 Å². The van der Waals surface area contributed by atoms with E-state index in [-0.39, 0.29) is 18.8 Å².